The van der Waals surface area contributed by atoms with Crippen LogP contribution in [0.5, 0.6) is 5.19 Å². The molecule has 1 heterocycles. The van der Waals surface area contributed by atoms with Crippen molar-refractivity contribution in [3.05, 3.63) is 11.1 Å². The maximum absolute atomic E-state index is 8.31. The van der Waals surface area contributed by atoms with E-state index in [1.54, 1.807) is 5.38 Å². The minimum Gasteiger partial charge on any atom is -0.470 e. The number of ether oxygens (including phenoxy) is 1. The summed E-state index contributed by atoms with van der Waals surface area (Å²) in [5, 5.41) is 13.3. The van der Waals surface area contributed by atoms with E-state index >= 15 is 0 Å². The van der Waals surface area contributed by atoms with Crippen LogP contribution in [0, 0.1) is 0 Å². The normalized spacial score (nSPS) is 11.6. The van der Waals surface area contributed by atoms with Crippen molar-refractivity contribution in [3.63, 3.8) is 0 Å². The first-order valence-electron chi connectivity index (χ1n) is 3.34. The first-order valence-corrected chi connectivity index (χ1v) is 4.22. The lowest BCUT2D eigenvalue weighted by Gasteiger charge is -1.93. The number of thiazole rings is 1. The minimum absolute atomic E-state index is 0.00259. The molecule has 0 radical (unpaired) electrons. The molecule has 0 aliphatic rings. The van der Waals surface area contributed by atoms with Gasteiger partial charge in [-0.15, -0.1) is 0 Å². The van der Waals surface area contributed by atoms with Crippen LogP contribution in [0.2, 0.25) is 0 Å². The monoisotopic (exact) mass is 187 g/mol. The molecule has 1 rings (SSSR count). The summed E-state index contributed by atoms with van der Waals surface area (Å²) in [4.78, 5) is 3.95. The van der Waals surface area contributed by atoms with Gasteiger partial charge in [0.05, 0.1) is 6.61 Å². The summed E-state index contributed by atoms with van der Waals surface area (Å²) >= 11 is 1.31. The molecule has 1 aromatic heterocycles. The Morgan fingerprint density at radius 1 is 1.92 bits per heavy atom. The zero-order chi connectivity index (χ0) is 8.97. The fraction of sp³-hybridized carbons (Fsp3) is 0.333. The first-order chi connectivity index (χ1) is 5.77. The molecule has 6 heteroatoms. The van der Waals surface area contributed by atoms with Gasteiger partial charge < -0.3 is 15.7 Å². The lowest BCUT2D eigenvalue weighted by atomic mass is 10.5. The highest BCUT2D eigenvalue weighted by molar-refractivity contribution is 7.11. The predicted molar refractivity (Wildman–Crippen MR) is 45.8 cm³/mol. The second-order valence-electron chi connectivity index (χ2n) is 1.92. The summed E-state index contributed by atoms with van der Waals surface area (Å²) in [6.45, 7) is 2.42. The Hall–Kier alpha value is -1.30. The number of oxime groups is 1. The Morgan fingerprint density at radius 3 is 3.25 bits per heavy atom. The number of hydrogen-bond donors (Lipinski definition) is 2. The van der Waals surface area contributed by atoms with Crippen LogP contribution in [0.25, 0.3) is 0 Å². The molecule has 0 bridgehead atoms. The van der Waals surface area contributed by atoms with E-state index in [-0.39, 0.29) is 5.84 Å². The molecule has 0 fully saturated rings. The van der Waals surface area contributed by atoms with E-state index in [1.807, 2.05) is 6.92 Å². The Balaban J connectivity index is 2.77. The van der Waals surface area contributed by atoms with E-state index < -0.39 is 0 Å². The van der Waals surface area contributed by atoms with E-state index in [9.17, 15) is 0 Å². The van der Waals surface area contributed by atoms with Gasteiger partial charge in [-0.2, -0.15) is 4.98 Å². The smallest absolute Gasteiger partial charge is 0.273 e. The molecule has 0 aromatic carbocycles. The highest BCUT2D eigenvalue weighted by Crippen LogP contribution is 2.17. The molecular formula is C6H9N3O2S. The van der Waals surface area contributed by atoms with E-state index in [0.717, 1.165) is 0 Å². The van der Waals surface area contributed by atoms with Crippen molar-refractivity contribution < 1.29 is 9.94 Å². The van der Waals surface area contributed by atoms with Gasteiger partial charge in [0.2, 0.25) is 0 Å². The van der Waals surface area contributed by atoms with Crippen LogP contribution in [0.1, 0.15) is 12.6 Å². The van der Waals surface area contributed by atoms with Gasteiger partial charge in [-0.05, 0) is 6.92 Å². The molecule has 66 valence electrons. The maximum Gasteiger partial charge on any atom is 0.273 e. The average molecular weight is 187 g/mol. The molecule has 0 aliphatic heterocycles. The van der Waals surface area contributed by atoms with Gasteiger partial charge in [0, 0.05) is 5.38 Å². The Bertz CT molecular complexity index is 284. The van der Waals surface area contributed by atoms with Crippen LogP contribution in [0.3, 0.4) is 0 Å². The average Bonchev–Trinajstić information content (AvgIpc) is 2.52. The second-order valence-corrected chi connectivity index (χ2v) is 2.74. The largest absolute Gasteiger partial charge is 0.470 e. The highest BCUT2D eigenvalue weighted by Gasteiger charge is 2.05. The van der Waals surface area contributed by atoms with Crippen molar-refractivity contribution in [1.29, 1.82) is 0 Å². The number of rotatable bonds is 3. The van der Waals surface area contributed by atoms with Crippen LogP contribution in [0.4, 0.5) is 0 Å². The van der Waals surface area contributed by atoms with E-state index in [1.165, 1.54) is 11.3 Å². The molecule has 0 saturated heterocycles. The summed E-state index contributed by atoms with van der Waals surface area (Å²) in [5.74, 6) is -0.00259. The molecule has 0 aliphatic carbocycles. The third-order valence-corrected chi connectivity index (χ3v) is 1.87. The fourth-order valence-electron chi connectivity index (χ4n) is 0.616. The highest BCUT2D eigenvalue weighted by atomic mass is 32.1. The number of amidine groups is 1. The van der Waals surface area contributed by atoms with Gasteiger partial charge in [0.25, 0.3) is 5.19 Å². The van der Waals surface area contributed by atoms with Gasteiger partial charge in [-0.3, -0.25) is 0 Å². The number of nitrogens with two attached hydrogens (primary N) is 1. The maximum atomic E-state index is 8.31. The van der Waals surface area contributed by atoms with Crippen molar-refractivity contribution >= 4 is 17.2 Å². The Morgan fingerprint density at radius 2 is 2.67 bits per heavy atom. The lowest BCUT2D eigenvalue weighted by molar-refractivity contribution is 0.318. The van der Waals surface area contributed by atoms with Crippen LogP contribution in [0.15, 0.2) is 10.5 Å². The van der Waals surface area contributed by atoms with Crippen LogP contribution < -0.4 is 10.5 Å². The molecule has 0 unspecified atom stereocenters. The fourth-order valence-corrected chi connectivity index (χ4v) is 1.34. The zero-order valence-electron chi connectivity index (χ0n) is 6.52. The number of nitrogens with zero attached hydrogens (tertiary/aromatic N) is 2. The van der Waals surface area contributed by atoms with E-state index in [4.69, 9.17) is 15.7 Å². The second kappa shape index (κ2) is 3.91. The number of hydrogen-bond acceptors (Lipinski definition) is 5. The molecule has 5 nitrogen and oxygen atoms in total. The van der Waals surface area contributed by atoms with Crippen molar-refractivity contribution in [1.82, 2.24) is 4.98 Å². The first kappa shape index (κ1) is 8.79. The van der Waals surface area contributed by atoms with E-state index in [0.29, 0.717) is 17.5 Å². The summed E-state index contributed by atoms with van der Waals surface area (Å²) in [6.07, 6.45) is 0. The molecule has 1 aromatic rings. The third kappa shape index (κ3) is 1.85. The van der Waals surface area contributed by atoms with Crippen molar-refractivity contribution in [2.75, 3.05) is 6.61 Å². The molecular weight excluding hydrogens is 178 g/mol. The summed E-state index contributed by atoms with van der Waals surface area (Å²) < 4.78 is 5.10. The summed E-state index contributed by atoms with van der Waals surface area (Å²) in [6, 6.07) is 0. The quantitative estimate of drug-likeness (QED) is 0.315. The van der Waals surface area contributed by atoms with Crippen molar-refractivity contribution in [2.45, 2.75) is 6.92 Å². The molecule has 0 saturated carbocycles. The number of aromatic nitrogens is 1. The standard InChI is InChI=1S/C6H9N3O2S/c1-2-11-6-8-4(3-12-6)5(7)9-10/h3,10H,2H2,1H3,(H2,7,9). The van der Waals surface area contributed by atoms with Gasteiger partial charge in [0.15, 0.2) is 5.84 Å². The molecule has 0 atom stereocenters. The molecule has 12 heavy (non-hydrogen) atoms. The third-order valence-electron chi connectivity index (χ3n) is 1.12. The predicted octanol–water partition coefficient (Wildman–Crippen LogP) is 0.636. The van der Waals surface area contributed by atoms with E-state index in [2.05, 4.69) is 10.1 Å². The lowest BCUT2D eigenvalue weighted by Crippen LogP contribution is -2.13. The Kier molecular flexibility index (Phi) is 2.87. The van der Waals surface area contributed by atoms with Crippen LogP contribution in [-0.4, -0.2) is 22.6 Å². The van der Waals surface area contributed by atoms with Crippen molar-refractivity contribution in [3.8, 4) is 5.19 Å². The van der Waals surface area contributed by atoms with Gasteiger partial charge >= 0.3 is 0 Å². The van der Waals surface area contributed by atoms with Gasteiger partial charge in [-0.1, -0.05) is 16.5 Å². The SMILES string of the molecule is CCOc1nc(/C(N)=N\O)cs1. The van der Waals surface area contributed by atoms with Crippen molar-refractivity contribution in [2.24, 2.45) is 10.9 Å². The molecule has 3 N–H and O–H groups in total. The Labute approximate surface area is 73.5 Å². The molecule has 0 spiro atoms. The van der Waals surface area contributed by atoms with Gasteiger partial charge in [-0.25, -0.2) is 0 Å². The van der Waals surface area contributed by atoms with Crippen LogP contribution in [-0.2, 0) is 0 Å². The minimum atomic E-state index is -0.00259. The summed E-state index contributed by atoms with van der Waals surface area (Å²) in [7, 11) is 0. The molecule has 0 amide bonds. The topological polar surface area (TPSA) is 80.7 Å². The van der Waals surface area contributed by atoms with Crippen LogP contribution >= 0.6 is 11.3 Å². The summed E-state index contributed by atoms with van der Waals surface area (Å²) in [5.41, 5.74) is 5.73. The zero-order valence-corrected chi connectivity index (χ0v) is 7.34. The van der Waals surface area contributed by atoms with Gasteiger partial charge in [0.1, 0.15) is 5.69 Å².